The smallest absolute Gasteiger partial charge is 0.438 e. The van der Waals surface area contributed by atoms with Crippen molar-refractivity contribution in [2.45, 2.75) is 20.5 Å². The number of hydrogen-bond donors (Lipinski definition) is 0. The number of carbonyl (C=O) groups excluding carboxylic acids is 1. The van der Waals surface area contributed by atoms with Gasteiger partial charge < -0.3 is 9.47 Å². The van der Waals surface area contributed by atoms with Crippen LogP contribution in [0.3, 0.4) is 0 Å². The van der Waals surface area contributed by atoms with Gasteiger partial charge in [0.05, 0.1) is 25.6 Å². The van der Waals surface area contributed by atoms with Crippen LogP contribution in [-0.2, 0) is 16.2 Å². The predicted molar refractivity (Wildman–Crippen MR) is 113 cm³/mol. The second-order valence-electron chi connectivity index (χ2n) is 5.44. The van der Waals surface area contributed by atoms with E-state index in [1.165, 1.54) is 14.2 Å². The number of aromatic nitrogens is 2. The minimum Gasteiger partial charge on any atom is -0.472 e. The molecule has 0 aliphatic heterocycles. The molecular weight excluding hydrogens is 394 g/mol. The molecule has 154 valence electrons. The fraction of sp³-hybridized carbons (Fsp3) is 0.238. The van der Waals surface area contributed by atoms with Gasteiger partial charge in [0.2, 0.25) is 5.88 Å². The third-order valence-corrected chi connectivity index (χ3v) is 4.02. The van der Waals surface area contributed by atoms with Gasteiger partial charge in [0, 0.05) is 22.8 Å². The fourth-order valence-corrected chi connectivity index (χ4v) is 2.58. The number of anilines is 1. The Balaban J connectivity index is 0.00000145. The maximum Gasteiger partial charge on any atom is 0.438 e. The molecule has 0 bridgehead atoms. The van der Waals surface area contributed by atoms with Crippen molar-refractivity contribution in [3.63, 3.8) is 0 Å². The number of rotatable bonds is 6. The highest BCUT2D eigenvalue weighted by Crippen LogP contribution is 2.23. The Morgan fingerprint density at radius 3 is 2.41 bits per heavy atom. The summed E-state index contributed by atoms with van der Waals surface area (Å²) in [6.45, 7) is 4.20. The number of hydroxylamine groups is 1. The van der Waals surface area contributed by atoms with Crippen LogP contribution in [0, 0.1) is 0 Å². The maximum atomic E-state index is 11.9. The Hall–Kier alpha value is -3.03. The molecule has 29 heavy (non-hydrogen) atoms. The van der Waals surface area contributed by atoms with Crippen LogP contribution in [0.25, 0.3) is 5.69 Å². The number of benzene rings is 2. The molecule has 0 spiro atoms. The van der Waals surface area contributed by atoms with E-state index in [1.54, 1.807) is 41.2 Å². The van der Waals surface area contributed by atoms with E-state index in [-0.39, 0.29) is 6.61 Å². The molecular formula is C21H24ClN3O4. The van der Waals surface area contributed by atoms with E-state index in [0.717, 1.165) is 16.3 Å². The molecule has 1 amide bonds. The lowest BCUT2D eigenvalue weighted by atomic mass is 10.2. The van der Waals surface area contributed by atoms with E-state index < -0.39 is 6.09 Å². The number of amides is 1. The van der Waals surface area contributed by atoms with Gasteiger partial charge in [-0.15, -0.1) is 5.10 Å². The molecule has 0 saturated carbocycles. The number of ether oxygens (including phenoxy) is 2. The van der Waals surface area contributed by atoms with Crippen molar-refractivity contribution in [3.05, 3.63) is 71.4 Å². The molecule has 8 heteroatoms. The van der Waals surface area contributed by atoms with Crippen molar-refractivity contribution in [2.24, 2.45) is 0 Å². The van der Waals surface area contributed by atoms with Crippen molar-refractivity contribution < 1.29 is 19.1 Å². The molecule has 0 fully saturated rings. The van der Waals surface area contributed by atoms with Gasteiger partial charge in [-0.3, -0.25) is 4.84 Å². The van der Waals surface area contributed by atoms with Crippen molar-refractivity contribution in [1.82, 2.24) is 9.78 Å². The van der Waals surface area contributed by atoms with Gasteiger partial charge in [-0.05, 0) is 30.3 Å². The number of carbonyl (C=O) groups is 1. The van der Waals surface area contributed by atoms with E-state index in [0.29, 0.717) is 16.6 Å². The van der Waals surface area contributed by atoms with Crippen LogP contribution >= 0.6 is 11.6 Å². The SMILES string of the molecule is CC.COC(=O)N(OC)c1ccccc1COc1ccn(-c2ccc(Cl)cc2)n1. The molecule has 1 aromatic heterocycles. The molecule has 0 radical (unpaired) electrons. The summed E-state index contributed by atoms with van der Waals surface area (Å²) in [5, 5.41) is 6.11. The number of halogens is 1. The summed E-state index contributed by atoms with van der Waals surface area (Å²) >= 11 is 5.91. The lowest BCUT2D eigenvalue weighted by Gasteiger charge is -2.20. The zero-order valence-corrected chi connectivity index (χ0v) is 17.6. The van der Waals surface area contributed by atoms with Gasteiger partial charge in [-0.25, -0.2) is 9.48 Å². The standard InChI is InChI=1S/C19H18ClN3O4.C2H6/c1-25-19(24)23(26-2)17-6-4-3-5-14(17)13-27-18-11-12-22(21-18)16-9-7-15(20)8-10-16;1-2/h3-12H,13H2,1-2H3;1-2H3. The molecule has 3 rings (SSSR count). The lowest BCUT2D eigenvalue weighted by molar-refractivity contribution is 0.115. The van der Waals surface area contributed by atoms with Gasteiger partial charge in [0.25, 0.3) is 0 Å². The maximum absolute atomic E-state index is 11.9. The minimum atomic E-state index is -0.628. The van der Waals surface area contributed by atoms with E-state index in [1.807, 2.05) is 38.1 Å². The van der Waals surface area contributed by atoms with E-state index >= 15 is 0 Å². The van der Waals surface area contributed by atoms with E-state index in [9.17, 15) is 4.79 Å². The van der Waals surface area contributed by atoms with Crippen LogP contribution in [0.4, 0.5) is 10.5 Å². The summed E-state index contributed by atoms with van der Waals surface area (Å²) in [4.78, 5) is 17.0. The van der Waals surface area contributed by atoms with Crippen LogP contribution in [0.2, 0.25) is 5.02 Å². The highest BCUT2D eigenvalue weighted by molar-refractivity contribution is 6.30. The monoisotopic (exact) mass is 417 g/mol. The first-order valence-electron chi connectivity index (χ1n) is 9.07. The molecule has 7 nitrogen and oxygen atoms in total. The summed E-state index contributed by atoms with van der Waals surface area (Å²) < 4.78 is 12.2. The predicted octanol–water partition coefficient (Wildman–Crippen LogP) is 5.27. The third kappa shape index (κ3) is 5.73. The highest BCUT2D eigenvalue weighted by Gasteiger charge is 2.19. The number of hydrogen-bond acceptors (Lipinski definition) is 5. The average Bonchev–Trinajstić information content (AvgIpc) is 3.24. The molecule has 0 aliphatic carbocycles. The summed E-state index contributed by atoms with van der Waals surface area (Å²) in [7, 11) is 2.68. The summed E-state index contributed by atoms with van der Waals surface area (Å²) in [5.74, 6) is 0.446. The van der Waals surface area contributed by atoms with Crippen molar-refractivity contribution in [1.29, 1.82) is 0 Å². The molecule has 1 heterocycles. The Labute approximate surface area is 175 Å². The van der Waals surface area contributed by atoms with Crippen molar-refractivity contribution in [3.8, 4) is 11.6 Å². The number of methoxy groups -OCH3 is 1. The first kappa shape index (κ1) is 22.3. The highest BCUT2D eigenvalue weighted by atomic mass is 35.5. The zero-order chi connectivity index (χ0) is 21.2. The van der Waals surface area contributed by atoms with Gasteiger partial charge in [-0.1, -0.05) is 43.6 Å². The molecule has 2 aromatic carbocycles. The zero-order valence-electron chi connectivity index (χ0n) is 16.8. The molecule has 0 atom stereocenters. The van der Waals surface area contributed by atoms with Gasteiger partial charge >= 0.3 is 6.09 Å². The van der Waals surface area contributed by atoms with Crippen LogP contribution in [-0.4, -0.2) is 30.1 Å². The van der Waals surface area contributed by atoms with Crippen LogP contribution < -0.4 is 9.80 Å². The van der Waals surface area contributed by atoms with Crippen LogP contribution in [0.1, 0.15) is 19.4 Å². The largest absolute Gasteiger partial charge is 0.472 e. The molecule has 0 saturated heterocycles. The average molecular weight is 418 g/mol. The second kappa shape index (κ2) is 11.1. The van der Waals surface area contributed by atoms with Gasteiger partial charge in [0.15, 0.2) is 0 Å². The summed E-state index contributed by atoms with van der Waals surface area (Å²) in [5.41, 5.74) is 2.14. The Morgan fingerprint density at radius 1 is 1.07 bits per heavy atom. The Morgan fingerprint density at radius 2 is 1.76 bits per heavy atom. The first-order valence-corrected chi connectivity index (χ1v) is 9.44. The van der Waals surface area contributed by atoms with Crippen LogP contribution in [0.15, 0.2) is 60.8 Å². The van der Waals surface area contributed by atoms with Gasteiger partial charge in [0.1, 0.15) is 6.61 Å². The third-order valence-electron chi connectivity index (χ3n) is 3.76. The Bertz CT molecular complexity index is 912. The topological polar surface area (TPSA) is 65.8 Å². The molecule has 0 N–H and O–H groups in total. The summed E-state index contributed by atoms with van der Waals surface area (Å²) in [6.07, 6.45) is 1.16. The number of nitrogens with zero attached hydrogens (tertiary/aromatic N) is 3. The summed E-state index contributed by atoms with van der Waals surface area (Å²) in [6, 6.07) is 16.3. The molecule has 0 aliphatic rings. The van der Waals surface area contributed by atoms with E-state index in [4.69, 9.17) is 25.9 Å². The molecule has 3 aromatic rings. The minimum absolute atomic E-state index is 0.199. The quantitative estimate of drug-likeness (QED) is 0.511. The lowest BCUT2D eigenvalue weighted by Crippen LogP contribution is -2.30. The molecule has 0 unspecified atom stereocenters. The first-order chi connectivity index (χ1) is 14.1. The van der Waals surface area contributed by atoms with Gasteiger partial charge in [-0.2, -0.15) is 5.06 Å². The second-order valence-corrected chi connectivity index (χ2v) is 5.88. The number of para-hydroxylation sites is 1. The van der Waals surface area contributed by atoms with E-state index in [2.05, 4.69) is 5.10 Å². The van der Waals surface area contributed by atoms with Crippen molar-refractivity contribution >= 4 is 23.4 Å². The van der Waals surface area contributed by atoms with Crippen molar-refractivity contribution in [2.75, 3.05) is 19.3 Å². The Kier molecular flexibility index (Phi) is 8.51. The normalized spacial score (nSPS) is 9.97. The fourth-order valence-electron chi connectivity index (χ4n) is 2.46. The van der Waals surface area contributed by atoms with Crippen LogP contribution in [0.5, 0.6) is 5.88 Å².